The molecule has 8 nitrogen and oxygen atoms in total. The maximum absolute atomic E-state index is 12.5. The minimum absolute atomic E-state index is 0.0649. The first-order chi connectivity index (χ1) is 14.9. The van der Waals surface area contributed by atoms with Crippen molar-refractivity contribution in [2.45, 2.75) is 38.5 Å². The second-order valence-corrected chi connectivity index (χ2v) is 8.67. The molecule has 0 radical (unpaired) electrons. The third-order valence-corrected chi connectivity index (χ3v) is 6.38. The number of benzene rings is 1. The predicted octanol–water partition coefficient (Wildman–Crippen LogP) is 3.01. The minimum atomic E-state index is -0.677. The van der Waals surface area contributed by atoms with Gasteiger partial charge in [0.05, 0.1) is 17.0 Å². The summed E-state index contributed by atoms with van der Waals surface area (Å²) < 4.78 is 10.4. The molecule has 1 heterocycles. The molecule has 166 valence electrons. The molecule has 0 bridgehead atoms. The highest BCUT2D eigenvalue weighted by atomic mass is 35.5. The van der Waals surface area contributed by atoms with Crippen LogP contribution in [0.3, 0.4) is 0 Å². The van der Waals surface area contributed by atoms with Gasteiger partial charge in [0.1, 0.15) is 0 Å². The van der Waals surface area contributed by atoms with Crippen molar-refractivity contribution in [3.8, 4) is 11.5 Å². The Labute approximate surface area is 189 Å². The van der Waals surface area contributed by atoms with Crippen molar-refractivity contribution < 1.29 is 23.9 Å². The molecule has 2 aromatic rings. The number of hydrazine groups is 1. The van der Waals surface area contributed by atoms with Gasteiger partial charge in [0.25, 0.3) is 17.7 Å². The molecule has 10 heteroatoms. The third kappa shape index (κ3) is 5.89. The Hall–Kier alpha value is -2.78. The van der Waals surface area contributed by atoms with E-state index in [1.54, 1.807) is 0 Å². The Balaban J connectivity index is 1.66. The molecular weight excluding hydrogens is 442 g/mol. The number of halogens is 1. The number of rotatable bonds is 6. The van der Waals surface area contributed by atoms with Crippen LogP contribution in [0.5, 0.6) is 11.5 Å². The van der Waals surface area contributed by atoms with Crippen molar-refractivity contribution in [2.24, 2.45) is 5.73 Å². The summed E-state index contributed by atoms with van der Waals surface area (Å²) in [5.74, 6) is -1.37. The number of nitrogens with two attached hydrogens (primary N) is 1. The molecule has 0 unspecified atom stereocenters. The number of thiophene rings is 1. The van der Waals surface area contributed by atoms with Gasteiger partial charge < -0.3 is 15.2 Å². The van der Waals surface area contributed by atoms with Crippen LogP contribution in [-0.4, -0.2) is 31.4 Å². The number of aryl methyl sites for hydroxylation is 2. The summed E-state index contributed by atoms with van der Waals surface area (Å²) in [7, 11) is 1.37. The second-order valence-electron chi connectivity index (χ2n) is 7.13. The van der Waals surface area contributed by atoms with E-state index in [0.29, 0.717) is 4.88 Å². The number of carbonyl (C=O) groups is 3. The molecule has 3 rings (SSSR count). The zero-order chi connectivity index (χ0) is 22.4. The lowest BCUT2D eigenvalue weighted by atomic mass is 10.00. The molecule has 0 spiro atoms. The first-order valence-corrected chi connectivity index (χ1v) is 11.1. The average Bonchev–Trinajstić information content (AvgIpc) is 3.12. The van der Waals surface area contributed by atoms with Gasteiger partial charge in [0.2, 0.25) is 0 Å². The third-order valence-electron chi connectivity index (χ3n) is 4.86. The van der Waals surface area contributed by atoms with Gasteiger partial charge in [-0.1, -0.05) is 24.4 Å². The molecule has 0 saturated heterocycles. The van der Waals surface area contributed by atoms with Crippen molar-refractivity contribution in [3.63, 3.8) is 0 Å². The second kappa shape index (κ2) is 10.5. The smallest absolute Gasteiger partial charge is 0.279 e. The first kappa shape index (κ1) is 22.9. The van der Waals surface area contributed by atoms with E-state index in [1.165, 1.54) is 53.9 Å². The molecule has 0 saturated carbocycles. The number of primary amides is 1. The van der Waals surface area contributed by atoms with Gasteiger partial charge in [-0.25, -0.2) is 0 Å². The summed E-state index contributed by atoms with van der Waals surface area (Å²) in [5.41, 5.74) is 11.3. The normalized spacial score (nSPS) is 13.4. The number of methoxy groups -OCH3 is 1. The van der Waals surface area contributed by atoms with Gasteiger partial charge in [-0.15, -0.1) is 11.3 Å². The lowest BCUT2D eigenvalue weighted by Gasteiger charge is -2.13. The largest absolute Gasteiger partial charge is 0.493 e. The Morgan fingerprint density at radius 2 is 1.77 bits per heavy atom. The fourth-order valence-electron chi connectivity index (χ4n) is 3.34. The van der Waals surface area contributed by atoms with E-state index >= 15 is 0 Å². The lowest BCUT2D eigenvalue weighted by molar-refractivity contribution is -0.119. The zero-order valence-corrected chi connectivity index (χ0v) is 18.7. The van der Waals surface area contributed by atoms with Gasteiger partial charge in [-0.3, -0.25) is 25.2 Å². The summed E-state index contributed by atoms with van der Waals surface area (Å²) in [5, 5.41) is 0.0649. The fraction of sp³-hybridized carbons (Fsp3) is 0.381. The number of ether oxygens (including phenoxy) is 2. The van der Waals surface area contributed by atoms with Crippen LogP contribution in [0.4, 0.5) is 0 Å². The first-order valence-electron chi connectivity index (χ1n) is 9.90. The number of carbonyl (C=O) groups excluding carboxylic acids is 3. The summed E-state index contributed by atoms with van der Waals surface area (Å²) in [6, 6.07) is 4.65. The fourth-order valence-corrected chi connectivity index (χ4v) is 4.75. The van der Waals surface area contributed by atoms with E-state index in [0.717, 1.165) is 25.7 Å². The van der Waals surface area contributed by atoms with E-state index in [2.05, 4.69) is 10.9 Å². The highest BCUT2D eigenvalue weighted by molar-refractivity contribution is 7.14. The van der Waals surface area contributed by atoms with Crippen molar-refractivity contribution in [1.29, 1.82) is 0 Å². The highest BCUT2D eigenvalue weighted by Gasteiger charge is 2.19. The number of nitrogens with one attached hydrogen (secondary N) is 2. The quantitative estimate of drug-likeness (QED) is 0.566. The van der Waals surface area contributed by atoms with E-state index in [-0.39, 0.29) is 34.6 Å². The van der Waals surface area contributed by atoms with E-state index < -0.39 is 11.8 Å². The van der Waals surface area contributed by atoms with Crippen LogP contribution < -0.4 is 26.1 Å². The van der Waals surface area contributed by atoms with Gasteiger partial charge in [0.15, 0.2) is 18.1 Å². The molecular formula is C21H24ClN3O5S. The molecule has 1 aromatic carbocycles. The van der Waals surface area contributed by atoms with Gasteiger partial charge in [-0.2, -0.15) is 0 Å². The summed E-state index contributed by atoms with van der Waals surface area (Å²) in [4.78, 5) is 37.8. The standard InChI is InChI=1S/C21H24ClN3O5S/c1-29-15-9-13(8-14(22)19(15)30-11-18(23)26)20(27)24-25-21(28)17-10-12-6-4-2-3-5-7-16(12)31-17/h8-10H,2-7,11H2,1H3,(H2,23,26)(H,24,27)(H,25,28). The van der Waals surface area contributed by atoms with Crippen molar-refractivity contribution >= 4 is 40.7 Å². The Morgan fingerprint density at radius 1 is 1.06 bits per heavy atom. The Bertz CT molecular complexity index is 966. The van der Waals surface area contributed by atoms with Crippen LogP contribution in [0.15, 0.2) is 18.2 Å². The Morgan fingerprint density at radius 3 is 2.48 bits per heavy atom. The number of amides is 3. The summed E-state index contributed by atoms with van der Waals surface area (Å²) >= 11 is 7.63. The van der Waals surface area contributed by atoms with Crippen molar-refractivity contribution in [1.82, 2.24) is 10.9 Å². The highest BCUT2D eigenvalue weighted by Crippen LogP contribution is 2.36. The number of hydrogen-bond acceptors (Lipinski definition) is 6. The summed E-state index contributed by atoms with van der Waals surface area (Å²) in [6.45, 7) is -0.386. The number of fused-ring (bicyclic) bond motifs is 1. The van der Waals surface area contributed by atoms with Crippen LogP contribution >= 0.6 is 22.9 Å². The molecule has 31 heavy (non-hydrogen) atoms. The van der Waals surface area contributed by atoms with Crippen LogP contribution in [0, 0.1) is 0 Å². The van der Waals surface area contributed by atoms with Crippen molar-refractivity contribution in [2.75, 3.05) is 13.7 Å². The van der Waals surface area contributed by atoms with Crippen LogP contribution in [0.25, 0.3) is 0 Å². The maximum atomic E-state index is 12.5. The van der Waals surface area contributed by atoms with E-state index in [4.69, 9.17) is 26.8 Å². The SMILES string of the molecule is COc1cc(C(=O)NNC(=O)c2cc3c(s2)CCCCCC3)cc(Cl)c1OCC(N)=O. The monoisotopic (exact) mass is 465 g/mol. The molecule has 1 aromatic heterocycles. The van der Waals surface area contributed by atoms with Gasteiger partial charge >= 0.3 is 0 Å². The zero-order valence-electron chi connectivity index (χ0n) is 17.1. The molecule has 1 aliphatic rings. The van der Waals surface area contributed by atoms with Gasteiger partial charge in [-0.05, 0) is 49.4 Å². The van der Waals surface area contributed by atoms with E-state index in [9.17, 15) is 14.4 Å². The maximum Gasteiger partial charge on any atom is 0.279 e. The van der Waals surface area contributed by atoms with E-state index in [1.807, 2.05) is 6.07 Å². The van der Waals surface area contributed by atoms with Crippen LogP contribution in [0.2, 0.25) is 5.02 Å². The van der Waals surface area contributed by atoms with Crippen LogP contribution in [0.1, 0.15) is 56.2 Å². The molecule has 0 aliphatic heterocycles. The molecule has 1 aliphatic carbocycles. The average molecular weight is 466 g/mol. The molecule has 0 atom stereocenters. The van der Waals surface area contributed by atoms with Gasteiger partial charge in [0, 0.05) is 10.4 Å². The molecule has 3 amide bonds. The Kier molecular flexibility index (Phi) is 7.75. The summed E-state index contributed by atoms with van der Waals surface area (Å²) in [6.07, 6.45) is 6.66. The molecule has 4 N–H and O–H groups in total. The minimum Gasteiger partial charge on any atom is -0.493 e. The topological polar surface area (TPSA) is 120 Å². The number of hydrogen-bond donors (Lipinski definition) is 3. The molecule has 0 fully saturated rings. The van der Waals surface area contributed by atoms with Crippen LogP contribution in [-0.2, 0) is 17.6 Å². The lowest BCUT2D eigenvalue weighted by Crippen LogP contribution is -2.41. The predicted molar refractivity (Wildman–Crippen MR) is 118 cm³/mol. The van der Waals surface area contributed by atoms with Crippen molar-refractivity contribution in [3.05, 3.63) is 44.1 Å².